The summed E-state index contributed by atoms with van der Waals surface area (Å²) in [6, 6.07) is 18.3. The van der Waals surface area contributed by atoms with E-state index in [2.05, 4.69) is 16.0 Å². The Hall–Kier alpha value is -3.49. The summed E-state index contributed by atoms with van der Waals surface area (Å²) in [4.78, 5) is 27.5. The zero-order valence-corrected chi connectivity index (χ0v) is 31.9. The molecule has 3 atom stereocenters. The van der Waals surface area contributed by atoms with Gasteiger partial charge in [-0.05, 0) is 93.2 Å². The van der Waals surface area contributed by atoms with Crippen LogP contribution in [-0.4, -0.2) is 78.5 Å². The Kier molecular flexibility index (Phi) is 13.3. The topological polar surface area (TPSA) is 154 Å². The third kappa shape index (κ3) is 10.5. The van der Waals surface area contributed by atoms with Crippen LogP contribution in [0.15, 0.2) is 77.7 Å². The maximum Gasteiger partial charge on any atom is 0.244 e. The number of benzene rings is 3. The van der Waals surface area contributed by atoms with E-state index in [4.69, 9.17) is 5.73 Å². The number of aliphatic hydroxyl groups is 1. The van der Waals surface area contributed by atoms with E-state index in [9.17, 15) is 27.5 Å². The van der Waals surface area contributed by atoms with Crippen LogP contribution in [0.5, 0.6) is 0 Å². The monoisotopic (exact) mass is 741 g/mol. The SMILES string of the molecule is CSC(C)(C)C(NC(=O)CNC1(c2cccc(F)c2)CC1)C(=O)N[C@@H](Cc1ccccc1)[C@H](O)CN(CC(C)C)S(=O)(=O)c1ccc(C)c(N)c1. The first-order chi connectivity index (χ1) is 24.0. The first-order valence-electron chi connectivity index (χ1n) is 17.2. The second-order valence-corrected chi connectivity index (χ2v) is 17.8. The number of rotatable bonds is 18. The van der Waals surface area contributed by atoms with Crippen LogP contribution in [0.3, 0.4) is 0 Å². The molecule has 0 heterocycles. The number of aryl methyl sites for hydroxylation is 1. The first kappa shape index (κ1) is 40.3. The number of nitrogens with two attached hydrogens (primary N) is 1. The Morgan fingerprint density at radius 3 is 2.29 bits per heavy atom. The Morgan fingerprint density at radius 1 is 1.02 bits per heavy atom. The lowest BCUT2D eigenvalue weighted by Crippen LogP contribution is -2.61. The van der Waals surface area contributed by atoms with Gasteiger partial charge in [0.1, 0.15) is 11.9 Å². The van der Waals surface area contributed by atoms with E-state index in [0.29, 0.717) is 5.69 Å². The second kappa shape index (κ2) is 16.9. The number of halogens is 1. The van der Waals surface area contributed by atoms with Gasteiger partial charge in [-0.25, -0.2) is 12.8 Å². The van der Waals surface area contributed by atoms with Crippen molar-refractivity contribution in [2.24, 2.45) is 5.92 Å². The number of carbonyl (C=O) groups is 2. The van der Waals surface area contributed by atoms with Crippen molar-refractivity contribution in [3.63, 3.8) is 0 Å². The van der Waals surface area contributed by atoms with Crippen molar-refractivity contribution in [1.29, 1.82) is 0 Å². The summed E-state index contributed by atoms with van der Waals surface area (Å²) >= 11 is 1.40. The van der Waals surface area contributed by atoms with E-state index in [1.165, 1.54) is 40.3 Å². The fourth-order valence-electron chi connectivity index (χ4n) is 5.97. The van der Waals surface area contributed by atoms with Crippen LogP contribution < -0.4 is 21.7 Å². The molecule has 0 saturated heterocycles. The number of amides is 2. The molecule has 1 unspecified atom stereocenters. The van der Waals surface area contributed by atoms with Gasteiger partial charge in [0.25, 0.3) is 0 Å². The molecule has 0 bridgehead atoms. The average molecular weight is 742 g/mol. The molecule has 1 aliphatic carbocycles. The van der Waals surface area contributed by atoms with E-state index < -0.39 is 50.3 Å². The number of nitrogens with zero attached hydrogens (tertiary/aromatic N) is 1. The average Bonchev–Trinajstić information content (AvgIpc) is 3.88. The molecule has 0 spiro atoms. The lowest BCUT2D eigenvalue weighted by Gasteiger charge is -2.35. The molecule has 1 fully saturated rings. The highest BCUT2D eigenvalue weighted by molar-refractivity contribution is 8.00. The first-order valence-corrected chi connectivity index (χ1v) is 19.9. The number of sulfonamides is 1. The summed E-state index contributed by atoms with van der Waals surface area (Å²) < 4.78 is 42.2. The molecule has 10 nitrogen and oxygen atoms in total. The number of thioether (sulfide) groups is 1. The van der Waals surface area contributed by atoms with Gasteiger partial charge in [0, 0.05) is 29.1 Å². The minimum absolute atomic E-state index is 0.0191. The largest absolute Gasteiger partial charge is 0.398 e. The van der Waals surface area contributed by atoms with Gasteiger partial charge in [-0.15, -0.1) is 0 Å². The Labute approximate surface area is 306 Å². The number of nitrogen functional groups attached to an aromatic ring is 1. The summed E-state index contributed by atoms with van der Waals surface area (Å²) in [5, 5.41) is 20.9. The van der Waals surface area contributed by atoms with Crippen molar-refractivity contribution in [1.82, 2.24) is 20.3 Å². The van der Waals surface area contributed by atoms with E-state index in [-0.39, 0.29) is 42.7 Å². The fourth-order valence-corrected chi connectivity index (χ4v) is 8.03. The van der Waals surface area contributed by atoms with Crippen LogP contribution in [0, 0.1) is 18.7 Å². The standard InChI is InChI=1S/C38H52FN5O5S2/c1-25(2)23-44(51(48,49)30-16-15-26(3)31(40)21-30)24-33(45)32(19-27-11-8-7-9-12-27)42-36(47)35(37(4,5)50-6)43-34(46)22-41-38(17-18-38)28-13-10-14-29(39)20-28/h7-16,20-21,25,32-33,35,41,45H,17-19,22-24,40H2,1-6H3,(H,42,47)(H,43,46)/t32-,33+,35?/m0/s1. The minimum atomic E-state index is -4.07. The molecule has 51 heavy (non-hydrogen) atoms. The highest BCUT2D eigenvalue weighted by Crippen LogP contribution is 2.45. The van der Waals surface area contributed by atoms with E-state index in [1.807, 2.05) is 70.3 Å². The number of nitrogens with one attached hydrogen (secondary N) is 3. The van der Waals surface area contributed by atoms with E-state index in [0.717, 1.165) is 29.5 Å². The van der Waals surface area contributed by atoms with Crippen molar-refractivity contribution in [2.45, 2.75) is 87.3 Å². The molecule has 278 valence electrons. The maximum absolute atomic E-state index is 14.2. The number of aliphatic hydroxyl groups excluding tert-OH is 1. The van der Waals surface area contributed by atoms with E-state index >= 15 is 0 Å². The fraction of sp³-hybridized carbons (Fsp3) is 0.474. The van der Waals surface area contributed by atoms with Crippen molar-refractivity contribution in [2.75, 3.05) is 31.6 Å². The van der Waals surface area contributed by atoms with Crippen molar-refractivity contribution in [3.05, 3.63) is 95.3 Å². The van der Waals surface area contributed by atoms with Crippen LogP contribution in [0.1, 0.15) is 57.2 Å². The molecular weight excluding hydrogens is 690 g/mol. The lowest BCUT2D eigenvalue weighted by molar-refractivity contribution is -0.130. The van der Waals surface area contributed by atoms with Crippen molar-refractivity contribution < 1.29 is 27.5 Å². The molecule has 0 radical (unpaired) electrons. The van der Waals surface area contributed by atoms with E-state index in [1.54, 1.807) is 19.1 Å². The quantitative estimate of drug-likeness (QED) is 0.121. The van der Waals surface area contributed by atoms with Gasteiger partial charge in [0.2, 0.25) is 21.8 Å². The number of carbonyl (C=O) groups excluding carboxylic acids is 2. The maximum atomic E-state index is 14.2. The number of hydrogen-bond acceptors (Lipinski definition) is 8. The number of anilines is 1. The second-order valence-electron chi connectivity index (χ2n) is 14.4. The molecule has 6 N–H and O–H groups in total. The summed E-state index contributed by atoms with van der Waals surface area (Å²) in [5.41, 5.74) is 8.26. The Balaban J connectivity index is 1.56. The molecule has 3 aromatic rings. The molecule has 1 saturated carbocycles. The summed E-state index contributed by atoms with van der Waals surface area (Å²) in [6.45, 7) is 9.00. The highest BCUT2D eigenvalue weighted by atomic mass is 32.2. The number of hydrogen-bond donors (Lipinski definition) is 5. The van der Waals surface area contributed by atoms with Crippen molar-refractivity contribution >= 4 is 39.3 Å². The smallest absolute Gasteiger partial charge is 0.244 e. The van der Waals surface area contributed by atoms with Gasteiger partial charge < -0.3 is 21.5 Å². The van der Waals surface area contributed by atoms with Crippen LogP contribution in [0.25, 0.3) is 0 Å². The molecule has 1 aliphatic rings. The van der Waals surface area contributed by atoms with Gasteiger partial charge in [-0.1, -0.05) is 62.4 Å². The van der Waals surface area contributed by atoms with Gasteiger partial charge in [-0.2, -0.15) is 16.1 Å². The molecule has 4 rings (SSSR count). The van der Waals surface area contributed by atoms with Crippen molar-refractivity contribution in [3.8, 4) is 0 Å². The lowest BCUT2D eigenvalue weighted by atomic mass is 9.97. The van der Waals surface area contributed by atoms with Crippen LogP contribution in [-0.2, 0) is 31.6 Å². The van der Waals surface area contributed by atoms with Gasteiger partial charge in [0.05, 0.1) is 23.6 Å². The molecule has 2 amide bonds. The van der Waals surface area contributed by atoms with Gasteiger partial charge >= 0.3 is 0 Å². The zero-order chi connectivity index (χ0) is 37.6. The third-order valence-electron chi connectivity index (χ3n) is 9.44. The molecule has 0 aromatic heterocycles. The normalized spacial score (nSPS) is 16.0. The molecule has 13 heteroatoms. The van der Waals surface area contributed by atoms with Crippen LogP contribution in [0.4, 0.5) is 10.1 Å². The summed E-state index contributed by atoms with van der Waals surface area (Å²) in [6.07, 6.45) is 2.24. The molecular formula is C38H52FN5O5S2. The Morgan fingerprint density at radius 2 is 1.71 bits per heavy atom. The Bertz CT molecular complexity index is 1770. The predicted octanol–water partition coefficient (Wildman–Crippen LogP) is 4.36. The third-order valence-corrected chi connectivity index (χ3v) is 12.6. The van der Waals surface area contributed by atoms with Gasteiger partial charge in [0.15, 0.2) is 0 Å². The minimum Gasteiger partial charge on any atom is -0.398 e. The molecule has 3 aromatic carbocycles. The van der Waals surface area contributed by atoms with Gasteiger partial charge in [-0.3, -0.25) is 14.9 Å². The summed E-state index contributed by atoms with van der Waals surface area (Å²) in [7, 11) is -4.07. The summed E-state index contributed by atoms with van der Waals surface area (Å²) in [5.74, 6) is -1.34. The van der Waals surface area contributed by atoms with Crippen LogP contribution in [0.2, 0.25) is 0 Å². The predicted molar refractivity (Wildman–Crippen MR) is 202 cm³/mol. The molecule has 0 aliphatic heterocycles. The van der Waals surface area contributed by atoms with Crippen LogP contribution >= 0.6 is 11.8 Å². The highest BCUT2D eigenvalue weighted by Gasteiger charge is 2.45. The zero-order valence-electron chi connectivity index (χ0n) is 30.3.